The van der Waals surface area contributed by atoms with Crippen LogP contribution in [-0.4, -0.2) is 21.4 Å². The van der Waals surface area contributed by atoms with Gasteiger partial charge in [0, 0.05) is 16.6 Å². The number of hydrogen-bond acceptors (Lipinski definition) is 3. The van der Waals surface area contributed by atoms with Gasteiger partial charge in [-0.25, -0.2) is 13.1 Å². The van der Waals surface area contributed by atoms with Gasteiger partial charge in [-0.05, 0) is 67.8 Å². The van der Waals surface area contributed by atoms with E-state index in [9.17, 15) is 13.2 Å². The van der Waals surface area contributed by atoms with Crippen LogP contribution >= 0.6 is 15.9 Å². The van der Waals surface area contributed by atoms with Gasteiger partial charge in [0.05, 0.1) is 4.90 Å². The van der Waals surface area contributed by atoms with E-state index in [4.69, 9.17) is 0 Å². The first kappa shape index (κ1) is 20.6. The fourth-order valence-electron chi connectivity index (χ4n) is 2.68. The molecule has 2 aromatic rings. The molecule has 0 unspecified atom stereocenters. The lowest BCUT2D eigenvalue weighted by molar-refractivity contribution is -0.116. The Hall–Kier alpha value is -1.70. The Morgan fingerprint density at radius 1 is 1.15 bits per heavy atom. The van der Waals surface area contributed by atoms with Crippen molar-refractivity contribution in [2.24, 2.45) is 0 Å². The average Bonchev–Trinajstić information content (AvgIpc) is 2.62. The predicted molar refractivity (Wildman–Crippen MR) is 108 cm³/mol. The van der Waals surface area contributed by atoms with Crippen LogP contribution in [0.5, 0.6) is 0 Å². The maximum Gasteiger partial charge on any atom is 0.240 e. The minimum Gasteiger partial charge on any atom is -0.326 e. The van der Waals surface area contributed by atoms with E-state index < -0.39 is 10.0 Å². The normalized spacial score (nSPS) is 11.4. The molecule has 2 N–H and O–H groups in total. The lowest BCUT2D eigenvalue weighted by atomic mass is 10.1. The Balaban J connectivity index is 2.02. The van der Waals surface area contributed by atoms with Gasteiger partial charge in [-0.1, -0.05) is 35.0 Å². The molecule has 0 aliphatic rings. The number of benzene rings is 2. The number of anilines is 1. The highest BCUT2D eigenvalue weighted by atomic mass is 79.9. The van der Waals surface area contributed by atoms with Crippen molar-refractivity contribution >= 4 is 37.5 Å². The molecular formula is C19H23BrN2O3S. The van der Waals surface area contributed by atoms with Crippen molar-refractivity contribution in [1.82, 2.24) is 4.72 Å². The van der Waals surface area contributed by atoms with Crippen LogP contribution in [0.3, 0.4) is 0 Å². The third kappa shape index (κ3) is 5.16. The number of amides is 1. The first-order valence-corrected chi connectivity index (χ1v) is 10.7. The topological polar surface area (TPSA) is 75.3 Å². The molecule has 7 heteroatoms. The highest BCUT2D eigenvalue weighted by molar-refractivity contribution is 9.10. The van der Waals surface area contributed by atoms with Crippen LogP contribution in [0.25, 0.3) is 0 Å². The molecule has 26 heavy (non-hydrogen) atoms. The summed E-state index contributed by atoms with van der Waals surface area (Å²) >= 11 is 3.48. The second-order valence-corrected chi connectivity index (χ2v) is 8.81. The summed E-state index contributed by atoms with van der Waals surface area (Å²) in [6, 6.07) is 10.6. The van der Waals surface area contributed by atoms with Gasteiger partial charge < -0.3 is 5.32 Å². The van der Waals surface area contributed by atoms with Crippen LogP contribution < -0.4 is 10.0 Å². The molecule has 0 aliphatic carbocycles. The summed E-state index contributed by atoms with van der Waals surface area (Å²) in [5.74, 6) is -0.0583. The molecular weight excluding hydrogens is 416 g/mol. The molecule has 2 rings (SSSR count). The minimum atomic E-state index is -3.44. The van der Waals surface area contributed by atoms with Crippen molar-refractivity contribution in [2.75, 3.05) is 12.4 Å². The lowest BCUT2D eigenvalue weighted by Gasteiger charge is -2.14. The maximum absolute atomic E-state index is 12.3. The SMILES string of the molecule is CCc1cc(Br)cc(C)c1NC(=O)CCc1ccc(S(=O)(=O)NC)cc1. The van der Waals surface area contributed by atoms with Gasteiger partial charge >= 0.3 is 0 Å². The van der Waals surface area contributed by atoms with E-state index in [1.807, 2.05) is 19.1 Å². The van der Waals surface area contributed by atoms with Crippen molar-refractivity contribution < 1.29 is 13.2 Å². The standard InChI is InChI=1S/C19H23BrN2O3S/c1-4-15-12-16(20)11-13(2)19(15)22-18(23)10-7-14-5-8-17(9-6-14)26(24,25)21-3/h5-6,8-9,11-12,21H,4,7,10H2,1-3H3,(H,22,23). The van der Waals surface area contributed by atoms with Gasteiger partial charge in [0.25, 0.3) is 0 Å². The Labute approximate surface area is 163 Å². The van der Waals surface area contributed by atoms with Crippen molar-refractivity contribution in [1.29, 1.82) is 0 Å². The monoisotopic (exact) mass is 438 g/mol. The molecule has 5 nitrogen and oxygen atoms in total. The van der Waals surface area contributed by atoms with Gasteiger partial charge in [-0.3, -0.25) is 4.79 Å². The number of carbonyl (C=O) groups is 1. The molecule has 0 radical (unpaired) electrons. The van der Waals surface area contributed by atoms with Crippen LogP contribution in [0.15, 0.2) is 45.8 Å². The Morgan fingerprint density at radius 3 is 2.38 bits per heavy atom. The smallest absolute Gasteiger partial charge is 0.240 e. The summed E-state index contributed by atoms with van der Waals surface area (Å²) in [5, 5.41) is 3.01. The second kappa shape index (κ2) is 8.79. The summed E-state index contributed by atoms with van der Waals surface area (Å²) in [4.78, 5) is 12.5. The van der Waals surface area contributed by atoms with E-state index in [-0.39, 0.29) is 10.8 Å². The summed E-state index contributed by atoms with van der Waals surface area (Å²) in [6.07, 6.45) is 1.71. The third-order valence-electron chi connectivity index (χ3n) is 4.17. The van der Waals surface area contributed by atoms with Crippen LogP contribution in [-0.2, 0) is 27.7 Å². The van der Waals surface area contributed by atoms with Gasteiger partial charge in [-0.2, -0.15) is 0 Å². The molecule has 1 amide bonds. The number of carbonyl (C=O) groups excluding carboxylic acids is 1. The zero-order valence-corrected chi connectivity index (χ0v) is 17.5. The molecule has 0 saturated heterocycles. The summed E-state index contributed by atoms with van der Waals surface area (Å²) in [6.45, 7) is 4.03. The zero-order chi connectivity index (χ0) is 19.3. The van der Waals surface area contributed by atoms with E-state index >= 15 is 0 Å². The van der Waals surface area contributed by atoms with Gasteiger partial charge in [0.1, 0.15) is 0 Å². The molecule has 0 saturated carbocycles. The van der Waals surface area contributed by atoms with Crippen LogP contribution in [0.2, 0.25) is 0 Å². The van der Waals surface area contributed by atoms with Crippen molar-refractivity contribution in [3.05, 3.63) is 57.6 Å². The molecule has 0 fully saturated rings. The predicted octanol–water partition coefficient (Wildman–Crippen LogP) is 3.80. The average molecular weight is 439 g/mol. The van der Waals surface area contributed by atoms with Crippen LogP contribution in [0.1, 0.15) is 30.0 Å². The first-order chi connectivity index (χ1) is 12.3. The van der Waals surface area contributed by atoms with Crippen LogP contribution in [0.4, 0.5) is 5.69 Å². The fourth-order valence-corrected chi connectivity index (χ4v) is 4.03. The summed E-state index contributed by atoms with van der Waals surface area (Å²) < 4.78 is 26.7. The second-order valence-electron chi connectivity index (χ2n) is 6.01. The molecule has 0 aliphatic heterocycles. The zero-order valence-electron chi connectivity index (χ0n) is 15.1. The first-order valence-electron chi connectivity index (χ1n) is 8.38. The molecule has 0 spiro atoms. The molecule has 0 heterocycles. The summed E-state index contributed by atoms with van der Waals surface area (Å²) in [7, 11) is -2.06. The van der Waals surface area contributed by atoms with E-state index in [1.54, 1.807) is 24.3 Å². The minimum absolute atomic E-state index is 0.0583. The highest BCUT2D eigenvalue weighted by Crippen LogP contribution is 2.26. The van der Waals surface area contributed by atoms with Gasteiger partial charge in [0.2, 0.25) is 15.9 Å². The lowest BCUT2D eigenvalue weighted by Crippen LogP contribution is -2.18. The molecule has 0 atom stereocenters. The Bertz CT molecular complexity index is 894. The number of hydrogen-bond donors (Lipinski definition) is 2. The number of aryl methyl sites for hydroxylation is 3. The quantitative estimate of drug-likeness (QED) is 0.689. The van der Waals surface area contributed by atoms with Crippen molar-refractivity contribution in [3.8, 4) is 0 Å². The number of sulfonamides is 1. The Kier molecular flexibility index (Phi) is 6.97. The Morgan fingerprint density at radius 2 is 1.81 bits per heavy atom. The largest absolute Gasteiger partial charge is 0.326 e. The van der Waals surface area contributed by atoms with Crippen molar-refractivity contribution in [2.45, 2.75) is 38.0 Å². The van der Waals surface area contributed by atoms with E-state index in [0.717, 1.165) is 33.3 Å². The van der Waals surface area contributed by atoms with Crippen LogP contribution in [0, 0.1) is 6.92 Å². The van der Waals surface area contributed by atoms with E-state index in [1.165, 1.54) is 7.05 Å². The van der Waals surface area contributed by atoms with E-state index in [2.05, 4.69) is 32.9 Å². The van der Waals surface area contributed by atoms with Crippen molar-refractivity contribution in [3.63, 3.8) is 0 Å². The fraction of sp³-hybridized carbons (Fsp3) is 0.316. The maximum atomic E-state index is 12.3. The van der Waals surface area contributed by atoms with Gasteiger partial charge in [0.15, 0.2) is 0 Å². The number of rotatable bonds is 7. The summed E-state index contributed by atoms with van der Waals surface area (Å²) in [5.41, 5.74) is 3.90. The number of nitrogens with one attached hydrogen (secondary N) is 2. The highest BCUT2D eigenvalue weighted by Gasteiger charge is 2.12. The van der Waals surface area contributed by atoms with E-state index in [0.29, 0.717) is 12.8 Å². The molecule has 2 aromatic carbocycles. The molecule has 0 aromatic heterocycles. The molecule has 140 valence electrons. The van der Waals surface area contributed by atoms with Gasteiger partial charge in [-0.15, -0.1) is 0 Å². The molecule has 0 bridgehead atoms. The third-order valence-corrected chi connectivity index (χ3v) is 6.06. The number of halogens is 1.